The van der Waals surface area contributed by atoms with Crippen LogP contribution < -0.4 is 5.32 Å². The van der Waals surface area contributed by atoms with Crippen LogP contribution in [-0.2, 0) is 13.6 Å². The third kappa shape index (κ3) is 2.94. The van der Waals surface area contributed by atoms with Gasteiger partial charge < -0.3 is 9.88 Å². The Morgan fingerprint density at radius 3 is 2.76 bits per heavy atom. The van der Waals surface area contributed by atoms with E-state index in [4.69, 9.17) is 0 Å². The number of aromatic nitrogens is 1. The maximum absolute atomic E-state index is 13.1. The summed E-state index contributed by atoms with van der Waals surface area (Å²) >= 11 is 0. The van der Waals surface area contributed by atoms with Gasteiger partial charge in [0, 0.05) is 31.5 Å². The summed E-state index contributed by atoms with van der Waals surface area (Å²) in [5.74, 6) is -0.185. The first-order valence-corrected chi connectivity index (χ1v) is 5.76. The Balaban J connectivity index is 1.98. The molecule has 1 N–H and O–H groups in total. The SMILES string of the molecule is C[C@H](NCc1cccn1C)c1cccc(F)c1. The molecule has 0 aliphatic heterocycles. The van der Waals surface area contributed by atoms with Crippen LogP contribution >= 0.6 is 0 Å². The van der Waals surface area contributed by atoms with Crippen molar-refractivity contribution in [3.8, 4) is 0 Å². The summed E-state index contributed by atoms with van der Waals surface area (Å²) in [4.78, 5) is 0. The van der Waals surface area contributed by atoms with Gasteiger partial charge in [0.2, 0.25) is 0 Å². The molecule has 17 heavy (non-hydrogen) atoms. The van der Waals surface area contributed by atoms with Gasteiger partial charge in [-0.3, -0.25) is 0 Å². The lowest BCUT2D eigenvalue weighted by atomic mass is 10.1. The lowest BCUT2D eigenvalue weighted by Gasteiger charge is -2.14. The van der Waals surface area contributed by atoms with Crippen molar-refractivity contribution >= 4 is 0 Å². The van der Waals surface area contributed by atoms with Gasteiger partial charge in [-0.05, 0) is 36.8 Å². The average Bonchev–Trinajstić information content (AvgIpc) is 2.72. The summed E-state index contributed by atoms with van der Waals surface area (Å²) in [7, 11) is 2.02. The van der Waals surface area contributed by atoms with E-state index in [1.807, 2.05) is 32.3 Å². The maximum Gasteiger partial charge on any atom is 0.123 e. The molecule has 0 spiro atoms. The second-order valence-corrected chi connectivity index (χ2v) is 4.27. The zero-order chi connectivity index (χ0) is 12.3. The first-order chi connectivity index (χ1) is 8.16. The third-order valence-electron chi connectivity index (χ3n) is 2.99. The number of nitrogens with one attached hydrogen (secondary N) is 1. The Hall–Kier alpha value is -1.61. The lowest BCUT2D eigenvalue weighted by molar-refractivity contribution is 0.551. The van der Waals surface area contributed by atoms with Crippen LogP contribution in [0.25, 0.3) is 0 Å². The van der Waals surface area contributed by atoms with Gasteiger partial charge >= 0.3 is 0 Å². The van der Waals surface area contributed by atoms with Crippen LogP contribution in [0, 0.1) is 5.82 Å². The van der Waals surface area contributed by atoms with Crippen LogP contribution in [0.4, 0.5) is 4.39 Å². The predicted molar refractivity (Wildman–Crippen MR) is 67.1 cm³/mol. The summed E-state index contributed by atoms with van der Waals surface area (Å²) in [5.41, 5.74) is 2.19. The first-order valence-electron chi connectivity index (χ1n) is 5.76. The lowest BCUT2D eigenvalue weighted by Crippen LogP contribution is -2.19. The van der Waals surface area contributed by atoms with Gasteiger partial charge in [-0.1, -0.05) is 12.1 Å². The predicted octanol–water partition coefficient (Wildman–Crippen LogP) is 3.02. The van der Waals surface area contributed by atoms with E-state index in [1.165, 1.54) is 11.8 Å². The molecule has 3 heteroatoms. The van der Waals surface area contributed by atoms with Gasteiger partial charge in [0.25, 0.3) is 0 Å². The Morgan fingerprint density at radius 2 is 2.12 bits per heavy atom. The van der Waals surface area contributed by atoms with Gasteiger partial charge in [-0.15, -0.1) is 0 Å². The number of hydrogen-bond acceptors (Lipinski definition) is 1. The van der Waals surface area contributed by atoms with Crippen molar-refractivity contribution in [2.75, 3.05) is 0 Å². The van der Waals surface area contributed by atoms with Gasteiger partial charge in [-0.2, -0.15) is 0 Å². The zero-order valence-corrected chi connectivity index (χ0v) is 10.2. The Labute approximate surface area is 101 Å². The molecule has 1 atom stereocenters. The normalized spacial score (nSPS) is 12.6. The molecular formula is C14H17FN2. The summed E-state index contributed by atoms with van der Waals surface area (Å²) in [6.45, 7) is 2.82. The summed E-state index contributed by atoms with van der Waals surface area (Å²) in [5, 5.41) is 3.38. The molecule has 2 nitrogen and oxygen atoms in total. The van der Waals surface area contributed by atoms with Crippen LogP contribution in [0.3, 0.4) is 0 Å². The molecular weight excluding hydrogens is 215 g/mol. The minimum atomic E-state index is -0.185. The fourth-order valence-electron chi connectivity index (χ4n) is 1.83. The first kappa shape index (κ1) is 11.9. The Kier molecular flexibility index (Phi) is 3.59. The highest BCUT2D eigenvalue weighted by atomic mass is 19.1. The number of benzene rings is 1. The van der Waals surface area contributed by atoms with Crippen LogP contribution in [0.2, 0.25) is 0 Å². The fourth-order valence-corrected chi connectivity index (χ4v) is 1.83. The van der Waals surface area contributed by atoms with Gasteiger partial charge in [0.1, 0.15) is 5.82 Å². The molecule has 2 aromatic rings. The summed E-state index contributed by atoms with van der Waals surface area (Å²) in [6.07, 6.45) is 2.02. The molecule has 90 valence electrons. The maximum atomic E-state index is 13.1. The summed E-state index contributed by atoms with van der Waals surface area (Å²) in [6, 6.07) is 10.9. The van der Waals surface area contributed by atoms with Crippen LogP contribution in [-0.4, -0.2) is 4.57 Å². The highest BCUT2D eigenvalue weighted by molar-refractivity contribution is 5.19. The summed E-state index contributed by atoms with van der Waals surface area (Å²) < 4.78 is 15.1. The van der Waals surface area contributed by atoms with E-state index >= 15 is 0 Å². The molecule has 2 rings (SSSR count). The van der Waals surface area contributed by atoms with Crippen molar-refractivity contribution in [3.63, 3.8) is 0 Å². The van der Waals surface area contributed by atoms with E-state index in [9.17, 15) is 4.39 Å². The highest BCUT2D eigenvalue weighted by Crippen LogP contribution is 2.14. The van der Waals surface area contributed by atoms with E-state index in [2.05, 4.69) is 16.0 Å². The number of aryl methyl sites for hydroxylation is 1. The van der Waals surface area contributed by atoms with E-state index in [0.717, 1.165) is 12.1 Å². The molecule has 1 aromatic carbocycles. The number of rotatable bonds is 4. The Bertz CT molecular complexity index is 490. The van der Waals surface area contributed by atoms with Crippen molar-refractivity contribution in [1.82, 2.24) is 9.88 Å². The van der Waals surface area contributed by atoms with E-state index in [0.29, 0.717) is 0 Å². The average molecular weight is 232 g/mol. The largest absolute Gasteiger partial charge is 0.353 e. The minimum Gasteiger partial charge on any atom is -0.353 e. The second-order valence-electron chi connectivity index (χ2n) is 4.27. The van der Waals surface area contributed by atoms with Crippen molar-refractivity contribution < 1.29 is 4.39 Å². The quantitative estimate of drug-likeness (QED) is 0.857. The molecule has 0 radical (unpaired) electrons. The number of hydrogen-bond donors (Lipinski definition) is 1. The van der Waals surface area contributed by atoms with Crippen molar-refractivity contribution in [2.24, 2.45) is 7.05 Å². The van der Waals surface area contributed by atoms with Crippen molar-refractivity contribution in [2.45, 2.75) is 19.5 Å². The zero-order valence-electron chi connectivity index (χ0n) is 10.2. The topological polar surface area (TPSA) is 17.0 Å². The molecule has 1 aromatic heterocycles. The third-order valence-corrected chi connectivity index (χ3v) is 2.99. The molecule has 1 heterocycles. The monoisotopic (exact) mass is 232 g/mol. The second kappa shape index (κ2) is 5.15. The Morgan fingerprint density at radius 1 is 1.29 bits per heavy atom. The molecule has 0 fully saturated rings. The molecule has 0 aliphatic rings. The van der Waals surface area contributed by atoms with Gasteiger partial charge in [-0.25, -0.2) is 4.39 Å². The minimum absolute atomic E-state index is 0.139. The highest BCUT2D eigenvalue weighted by Gasteiger charge is 2.06. The standard InChI is InChI=1S/C14H17FN2/c1-11(12-5-3-6-13(15)9-12)16-10-14-7-4-8-17(14)2/h3-9,11,16H,10H2,1-2H3/t11-/m0/s1. The van der Waals surface area contributed by atoms with Crippen LogP contribution in [0.5, 0.6) is 0 Å². The molecule has 0 aliphatic carbocycles. The van der Waals surface area contributed by atoms with E-state index in [1.54, 1.807) is 12.1 Å². The smallest absolute Gasteiger partial charge is 0.123 e. The number of halogens is 1. The van der Waals surface area contributed by atoms with Gasteiger partial charge in [0.15, 0.2) is 0 Å². The van der Waals surface area contributed by atoms with Gasteiger partial charge in [0.05, 0.1) is 0 Å². The van der Waals surface area contributed by atoms with E-state index < -0.39 is 0 Å². The van der Waals surface area contributed by atoms with Crippen LogP contribution in [0.15, 0.2) is 42.6 Å². The van der Waals surface area contributed by atoms with Crippen molar-refractivity contribution in [1.29, 1.82) is 0 Å². The van der Waals surface area contributed by atoms with Crippen molar-refractivity contribution in [3.05, 3.63) is 59.7 Å². The molecule has 0 unspecified atom stereocenters. The molecule has 0 saturated heterocycles. The number of nitrogens with zero attached hydrogens (tertiary/aromatic N) is 1. The molecule has 0 saturated carbocycles. The van der Waals surface area contributed by atoms with E-state index in [-0.39, 0.29) is 11.9 Å². The fraction of sp³-hybridized carbons (Fsp3) is 0.286. The van der Waals surface area contributed by atoms with Crippen LogP contribution in [0.1, 0.15) is 24.2 Å². The molecule has 0 amide bonds. The molecule has 0 bridgehead atoms.